The van der Waals surface area contributed by atoms with Crippen LogP contribution in [0.1, 0.15) is 19.4 Å². The Morgan fingerprint density at radius 3 is 2.93 bits per heavy atom. The molecule has 0 aliphatic heterocycles. The number of nitrogens with one attached hydrogen (secondary N) is 2. The number of rotatable bonds is 3. The predicted molar refractivity (Wildman–Crippen MR) is 57.0 cm³/mol. The van der Waals surface area contributed by atoms with Gasteiger partial charge >= 0.3 is 6.03 Å². The number of urea groups is 1. The largest absolute Gasteiger partial charge is 0.383 e. The molecule has 0 saturated heterocycles. The maximum Gasteiger partial charge on any atom is 0.315 e. The van der Waals surface area contributed by atoms with Gasteiger partial charge in [-0.15, -0.1) is 0 Å². The molecule has 82 valence electrons. The topological polar surface area (TPSA) is 92.9 Å². The van der Waals surface area contributed by atoms with Crippen LogP contribution in [0.4, 0.5) is 10.6 Å². The monoisotopic (exact) mass is 209 g/mol. The quantitative estimate of drug-likeness (QED) is 0.666. The number of nitrogens with zero attached hydrogens (tertiary/aromatic N) is 2. The smallest absolute Gasteiger partial charge is 0.315 e. The van der Waals surface area contributed by atoms with E-state index in [1.807, 2.05) is 13.8 Å². The van der Waals surface area contributed by atoms with E-state index in [1.54, 1.807) is 6.20 Å². The number of carbonyl (C=O) groups is 1. The van der Waals surface area contributed by atoms with Crippen molar-refractivity contribution in [2.75, 3.05) is 5.73 Å². The number of hydrogen-bond acceptors (Lipinski definition) is 4. The fourth-order valence-electron chi connectivity index (χ4n) is 0.993. The van der Waals surface area contributed by atoms with E-state index >= 15 is 0 Å². The lowest BCUT2D eigenvalue weighted by atomic mass is 10.3. The summed E-state index contributed by atoms with van der Waals surface area (Å²) in [5.74, 6) is 0.384. The van der Waals surface area contributed by atoms with Crippen molar-refractivity contribution in [3.05, 3.63) is 18.1 Å². The van der Waals surface area contributed by atoms with Crippen LogP contribution in [0.25, 0.3) is 0 Å². The summed E-state index contributed by atoms with van der Waals surface area (Å²) in [5.41, 5.74) is 6.29. The van der Waals surface area contributed by atoms with E-state index < -0.39 is 0 Å². The lowest BCUT2D eigenvalue weighted by Gasteiger charge is -2.10. The summed E-state index contributed by atoms with van der Waals surface area (Å²) < 4.78 is 0. The Hall–Kier alpha value is -1.85. The van der Waals surface area contributed by atoms with Crippen molar-refractivity contribution >= 4 is 11.8 Å². The van der Waals surface area contributed by atoms with E-state index in [9.17, 15) is 4.79 Å². The second-order valence-corrected chi connectivity index (χ2v) is 3.41. The number of nitrogen functional groups attached to an aromatic ring is 1. The van der Waals surface area contributed by atoms with Gasteiger partial charge in [-0.2, -0.15) is 0 Å². The van der Waals surface area contributed by atoms with Gasteiger partial charge in [0.2, 0.25) is 0 Å². The molecule has 1 aromatic rings. The van der Waals surface area contributed by atoms with Gasteiger partial charge in [0.1, 0.15) is 12.1 Å². The normalized spacial score (nSPS) is 10.1. The third-order valence-electron chi connectivity index (χ3n) is 1.68. The molecule has 0 aliphatic rings. The zero-order chi connectivity index (χ0) is 11.3. The number of aromatic nitrogens is 2. The minimum atomic E-state index is -0.228. The Balaban J connectivity index is 2.44. The highest BCUT2D eigenvalue weighted by atomic mass is 16.2. The summed E-state index contributed by atoms with van der Waals surface area (Å²) >= 11 is 0. The number of amides is 2. The fraction of sp³-hybridized carbons (Fsp3) is 0.444. The first-order valence-corrected chi connectivity index (χ1v) is 4.68. The molecule has 0 spiro atoms. The molecule has 6 nitrogen and oxygen atoms in total. The molecule has 2 amide bonds. The maximum atomic E-state index is 11.2. The molecule has 0 atom stereocenters. The van der Waals surface area contributed by atoms with E-state index in [0.717, 1.165) is 0 Å². The van der Waals surface area contributed by atoms with E-state index in [-0.39, 0.29) is 12.1 Å². The zero-order valence-electron chi connectivity index (χ0n) is 8.82. The maximum absolute atomic E-state index is 11.2. The molecular weight excluding hydrogens is 194 g/mol. The highest BCUT2D eigenvalue weighted by Crippen LogP contribution is 2.03. The Labute approximate surface area is 88.3 Å². The van der Waals surface area contributed by atoms with Crippen LogP contribution in [-0.4, -0.2) is 22.0 Å². The Bertz CT molecular complexity index is 339. The van der Waals surface area contributed by atoms with Crippen molar-refractivity contribution in [1.82, 2.24) is 20.6 Å². The number of anilines is 1. The molecule has 4 N–H and O–H groups in total. The Morgan fingerprint density at radius 1 is 1.60 bits per heavy atom. The van der Waals surface area contributed by atoms with Gasteiger partial charge in [0.25, 0.3) is 0 Å². The summed E-state index contributed by atoms with van der Waals surface area (Å²) in [5, 5.41) is 5.36. The van der Waals surface area contributed by atoms with E-state index in [0.29, 0.717) is 17.9 Å². The van der Waals surface area contributed by atoms with Gasteiger partial charge in [0.05, 0.1) is 0 Å². The van der Waals surface area contributed by atoms with Crippen molar-refractivity contribution in [2.45, 2.75) is 26.4 Å². The zero-order valence-corrected chi connectivity index (χ0v) is 8.82. The average Bonchev–Trinajstić information content (AvgIpc) is 2.15. The van der Waals surface area contributed by atoms with Crippen molar-refractivity contribution in [2.24, 2.45) is 0 Å². The molecule has 15 heavy (non-hydrogen) atoms. The Morgan fingerprint density at radius 2 is 2.33 bits per heavy atom. The minimum Gasteiger partial charge on any atom is -0.383 e. The standard InChI is InChI=1S/C9H15N5O/c1-6(2)14-9(15)12-4-7-3-11-5-13-8(7)10/h3,5-6H,4H2,1-2H3,(H2,10,11,13)(H2,12,14,15). The van der Waals surface area contributed by atoms with E-state index in [2.05, 4.69) is 20.6 Å². The Kier molecular flexibility index (Phi) is 3.84. The van der Waals surface area contributed by atoms with Gasteiger partial charge in [-0.1, -0.05) is 0 Å². The van der Waals surface area contributed by atoms with Gasteiger partial charge in [0.15, 0.2) is 0 Å². The number of carbonyl (C=O) groups excluding carboxylic acids is 1. The molecule has 0 unspecified atom stereocenters. The second-order valence-electron chi connectivity index (χ2n) is 3.41. The lowest BCUT2D eigenvalue weighted by Crippen LogP contribution is -2.39. The lowest BCUT2D eigenvalue weighted by molar-refractivity contribution is 0.238. The second kappa shape index (κ2) is 5.14. The van der Waals surface area contributed by atoms with Crippen LogP contribution in [0.15, 0.2) is 12.5 Å². The third kappa shape index (κ3) is 3.80. The molecule has 1 rings (SSSR count). The molecule has 0 aliphatic carbocycles. The van der Waals surface area contributed by atoms with E-state index in [4.69, 9.17) is 5.73 Å². The van der Waals surface area contributed by atoms with Gasteiger partial charge in [-0.3, -0.25) is 0 Å². The van der Waals surface area contributed by atoms with Crippen LogP contribution in [0, 0.1) is 0 Å². The fourth-order valence-corrected chi connectivity index (χ4v) is 0.993. The molecule has 6 heteroatoms. The number of nitrogens with two attached hydrogens (primary N) is 1. The van der Waals surface area contributed by atoms with Crippen LogP contribution in [0.5, 0.6) is 0 Å². The van der Waals surface area contributed by atoms with Gasteiger partial charge in [-0.05, 0) is 13.8 Å². The molecule has 0 radical (unpaired) electrons. The average molecular weight is 209 g/mol. The summed E-state index contributed by atoms with van der Waals surface area (Å²) in [6, 6.07) is -0.123. The van der Waals surface area contributed by atoms with Crippen LogP contribution < -0.4 is 16.4 Å². The first-order chi connectivity index (χ1) is 7.09. The highest BCUT2D eigenvalue weighted by molar-refractivity contribution is 5.74. The summed E-state index contributed by atoms with van der Waals surface area (Å²) in [6.07, 6.45) is 2.95. The van der Waals surface area contributed by atoms with Crippen LogP contribution in [-0.2, 0) is 6.54 Å². The van der Waals surface area contributed by atoms with Crippen molar-refractivity contribution in [1.29, 1.82) is 0 Å². The first-order valence-electron chi connectivity index (χ1n) is 4.68. The van der Waals surface area contributed by atoms with Gasteiger partial charge in [0, 0.05) is 24.3 Å². The van der Waals surface area contributed by atoms with Crippen LogP contribution in [0.3, 0.4) is 0 Å². The highest BCUT2D eigenvalue weighted by Gasteiger charge is 2.04. The summed E-state index contributed by atoms with van der Waals surface area (Å²) in [7, 11) is 0. The molecule has 0 saturated carbocycles. The first kappa shape index (κ1) is 11.2. The summed E-state index contributed by atoms with van der Waals surface area (Å²) in [6.45, 7) is 4.10. The van der Waals surface area contributed by atoms with Crippen molar-refractivity contribution < 1.29 is 4.79 Å². The predicted octanol–water partition coefficient (Wildman–Crippen LogP) is 0.266. The van der Waals surface area contributed by atoms with Crippen LogP contribution >= 0.6 is 0 Å². The molecule has 0 aromatic carbocycles. The van der Waals surface area contributed by atoms with Crippen LogP contribution in [0.2, 0.25) is 0 Å². The van der Waals surface area contributed by atoms with Crippen molar-refractivity contribution in [3.8, 4) is 0 Å². The molecule has 1 heterocycles. The molecular formula is C9H15N5O. The van der Waals surface area contributed by atoms with E-state index in [1.165, 1.54) is 6.33 Å². The molecule has 0 fully saturated rings. The van der Waals surface area contributed by atoms with Gasteiger partial charge < -0.3 is 16.4 Å². The minimum absolute atomic E-state index is 0.106. The SMILES string of the molecule is CC(C)NC(=O)NCc1cncnc1N. The molecule has 1 aromatic heterocycles. The third-order valence-corrected chi connectivity index (χ3v) is 1.68. The molecule has 0 bridgehead atoms. The number of hydrogen-bond donors (Lipinski definition) is 3. The summed E-state index contributed by atoms with van der Waals surface area (Å²) in [4.78, 5) is 18.9. The van der Waals surface area contributed by atoms with Crippen molar-refractivity contribution in [3.63, 3.8) is 0 Å². The van der Waals surface area contributed by atoms with Gasteiger partial charge in [-0.25, -0.2) is 14.8 Å².